The molecule has 3 rings (SSSR count). The Bertz CT molecular complexity index is 1150. The highest BCUT2D eigenvalue weighted by molar-refractivity contribution is 5.83. The molecule has 3 aliphatic rings. The van der Waals surface area contributed by atoms with E-state index in [2.05, 4.69) is 0 Å². The zero-order valence-electron chi connectivity index (χ0n) is 33.6. The number of methoxy groups -OCH3 is 2. The van der Waals surface area contributed by atoms with Crippen molar-refractivity contribution in [2.75, 3.05) is 28.3 Å². The van der Waals surface area contributed by atoms with Gasteiger partial charge in [0.1, 0.15) is 24.1 Å². The van der Waals surface area contributed by atoms with Crippen molar-refractivity contribution in [3.8, 4) is 0 Å². The summed E-state index contributed by atoms with van der Waals surface area (Å²) in [7, 11) is 6.87. The van der Waals surface area contributed by atoms with Crippen LogP contribution in [0.1, 0.15) is 101 Å². The zero-order chi connectivity index (χ0) is 38.8. The Balaban J connectivity index is 2.20. The number of nitrogens with zero attached hydrogens (tertiary/aromatic N) is 1. The molecule has 0 aromatic heterocycles. The van der Waals surface area contributed by atoms with Gasteiger partial charge in [-0.2, -0.15) is 0 Å². The Kier molecular flexibility index (Phi) is 15.1. The molecule has 3 aliphatic heterocycles. The maximum atomic E-state index is 14.1. The number of cyclic esters (lactones) is 1. The van der Waals surface area contributed by atoms with Crippen molar-refractivity contribution in [3.63, 3.8) is 0 Å². The Morgan fingerprint density at radius 1 is 0.863 bits per heavy atom. The van der Waals surface area contributed by atoms with Crippen LogP contribution in [0.2, 0.25) is 0 Å². The van der Waals surface area contributed by atoms with Crippen LogP contribution < -0.4 is 0 Å². The van der Waals surface area contributed by atoms with Crippen LogP contribution >= 0.6 is 0 Å². The van der Waals surface area contributed by atoms with Gasteiger partial charge in [-0.25, -0.2) is 0 Å². The quantitative estimate of drug-likeness (QED) is 0.312. The fourth-order valence-corrected chi connectivity index (χ4v) is 8.66. The minimum atomic E-state index is -1.48. The molecule has 0 aromatic rings. The molecular weight excluding hydrogens is 662 g/mol. The van der Waals surface area contributed by atoms with E-state index in [1.807, 2.05) is 53.6 Å². The smallest absolute Gasteiger partial charge is 0.311 e. The van der Waals surface area contributed by atoms with Crippen molar-refractivity contribution in [1.82, 2.24) is 4.90 Å². The van der Waals surface area contributed by atoms with E-state index < -0.39 is 95.6 Å². The van der Waals surface area contributed by atoms with Gasteiger partial charge in [0.2, 0.25) is 0 Å². The fourth-order valence-electron chi connectivity index (χ4n) is 8.66. The second kappa shape index (κ2) is 17.5. The summed E-state index contributed by atoms with van der Waals surface area (Å²) in [6.07, 6.45) is -6.10. The number of likely N-dealkylation sites (N-methyl/N-ethyl adjacent to an activating group) is 1. The first-order valence-electron chi connectivity index (χ1n) is 18.8. The zero-order valence-corrected chi connectivity index (χ0v) is 33.6. The third-order valence-corrected chi connectivity index (χ3v) is 12.0. The lowest BCUT2D eigenvalue weighted by Gasteiger charge is -2.49. The highest BCUT2D eigenvalue weighted by Gasteiger charge is 2.53. The van der Waals surface area contributed by atoms with Crippen molar-refractivity contribution >= 4 is 11.8 Å². The summed E-state index contributed by atoms with van der Waals surface area (Å²) < 4.78 is 44.1. The Hall–Kier alpha value is -1.26. The van der Waals surface area contributed by atoms with E-state index in [-0.39, 0.29) is 37.2 Å². The van der Waals surface area contributed by atoms with Gasteiger partial charge in [-0.1, -0.05) is 27.7 Å². The summed E-state index contributed by atoms with van der Waals surface area (Å²) in [6.45, 7) is 17.9. The van der Waals surface area contributed by atoms with Gasteiger partial charge < -0.3 is 53.4 Å². The first-order chi connectivity index (χ1) is 23.5. The Morgan fingerprint density at radius 3 is 2.00 bits per heavy atom. The Labute approximate surface area is 305 Å². The molecule has 3 N–H and O–H groups in total. The topological polar surface area (TPSA) is 163 Å². The standard InChI is InChI=1S/C38H69NO12/c1-15-27-36(8,44)17-20(2)29(40)21(3)18-38(10,46-14)33(51-35-30(41)26(39(11)12)16-22(4)47-35)23(5)31(24(6)34(43)49-27)50-28-19-37(9,45-13)32(42)25(7)48-28/h20-28,30-33,35,41-42,44H,15-19H2,1-14H3/t20-,21-,22-,23+,24-,25+,26+,27-,28+,30-,31+,32+,33-,35+,36+,37-,38+/m1/s1. The number of Topliss-reactive ketones (excluding diaryl/α,β-unsaturated/α-hetero) is 1. The van der Waals surface area contributed by atoms with E-state index in [4.69, 9.17) is 33.2 Å². The van der Waals surface area contributed by atoms with E-state index in [1.54, 1.807) is 41.7 Å². The maximum Gasteiger partial charge on any atom is 0.311 e. The minimum absolute atomic E-state index is 0.0680. The first kappa shape index (κ1) is 44.1. The normalized spacial score (nSPS) is 48.3. The predicted octanol–water partition coefficient (Wildman–Crippen LogP) is 3.47. The summed E-state index contributed by atoms with van der Waals surface area (Å²) in [5.41, 5.74) is -3.63. The van der Waals surface area contributed by atoms with Gasteiger partial charge in [-0.3, -0.25) is 9.59 Å². The molecule has 13 heteroatoms. The summed E-state index contributed by atoms with van der Waals surface area (Å²) in [5, 5.41) is 34.1. The third-order valence-electron chi connectivity index (χ3n) is 12.0. The number of aliphatic hydroxyl groups is 3. The van der Waals surface area contributed by atoms with E-state index in [1.165, 1.54) is 7.11 Å². The van der Waals surface area contributed by atoms with Crippen LogP contribution in [0.15, 0.2) is 0 Å². The Morgan fingerprint density at radius 2 is 1.45 bits per heavy atom. The number of carbonyl (C=O) groups is 2. The number of hydrogen-bond donors (Lipinski definition) is 3. The van der Waals surface area contributed by atoms with Crippen LogP contribution in [-0.4, -0.2) is 138 Å². The number of ether oxygens (including phenoxy) is 7. The fraction of sp³-hybridized carbons (Fsp3) is 0.947. The lowest BCUT2D eigenvalue weighted by molar-refractivity contribution is -0.319. The van der Waals surface area contributed by atoms with E-state index in [9.17, 15) is 24.9 Å². The van der Waals surface area contributed by atoms with Crippen LogP contribution in [0.5, 0.6) is 0 Å². The second-order valence-electron chi connectivity index (χ2n) is 16.6. The van der Waals surface area contributed by atoms with Crippen molar-refractivity contribution in [2.45, 2.75) is 179 Å². The maximum absolute atomic E-state index is 14.1. The molecular formula is C38H69NO12. The monoisotopic (exact) mass is 731 g/mol. The first-order valence-corrected chi connectivity index (χ1v) is 18.8. The number of hydrogen-bond acceptors (Lipinski definition) is 13. The number of esters is 1. The van der Waals surface area contributed by atoms with Crippen molar-refractivity contribution < 1.29 is 58.1 Å². The van der Waals surface area contributed by atoms with Crippen LogP contribution in [0, 0.1) is 23.7 Å². The van der Waals surface area contributed by atoms with Crippen molar-refractivity contribution in [3.05, 3.63) is 0 Å². The van der Waals surface area contributed by atoms with Crippen LogP contribution in [-0.2, 0) is 42.7 Å². The molecule has 0 aromatic carbocycles. The summed E-state index contributed by atoms with van der Waals surface area (Å²) >= 11 is 0. The van der Waals surface area contributed by atoms with E-state index >= 15 is 0 Å². The second-order valence-corrected chi connectivity index (χ2v) is 16.6. The molecule has 0 amide bonds. The molecule has 0 unspecified atom stereocenters. The molecule has 0 aliphatic carbocycles. The molecule has 0 bridgehead atoms. The highest BCUT2D eigenvalue weighted by Crippen LogP contribution is 2.41. The minimum Gasteiger partial charge on any atom is -0.459 e. The van der Waals surface area contributed by atoms with Gasteiger partial charge in [0, 0.05) is 44.4 Å². The van der Waals surface area contributed by atoms with Gasteiger partial charge in [0.05, 0.1) is 47.1 Å². The summed E-state index contributed by atoms with van der Waals surface area (Å²) in [6, 6.07) is -0.252. The summed E-state index contributed by atoms with van der Waals surface area (Å²) in [5.74, 6) is -3.30. The van der Waals surface area contributed by atoms with E-state index in [0.717, 1.165) is 0 Å². The lowest BCUT2D eigenvalue weighted by Crippen LogP contribution is -2.61. The molecule has 51 heavy (non-hydrogen) atoms. The van der Waals surface area contributed by atoms with Gasteiger partial charge in [-0.15, -0.1) is 0 Å². The lowest BCUT2D eigenvalue weighted by atomic mass is 9.74. The van der Waals surface area contributed by atoms with Crippen LogP contribution in [0.4, 0.5) is 0 Å². The number of carbonyl (C=O) groups excluding carboxylic acids is 2. The van der Waals surface area contributed by atoms with Crippen LogP contribution in [0.3, 0.4) is 0 Å². The average Bonchev–Trinajstić information content (AvgIpc) is 3.06. The summed E-state index contributed by atoms with van der Waals surface area (Å²) in [4.78, 5) is 30.0. The molecule has 13 nitrogen and oxygen atoms in total. The molecule has 0 spiro atoms. The highest BCUT2D eigenvalue weighted by atomic mass is 16.7. The SMILES string of the molecule is CC[C@H]1OC(=O)[C@H](C)[C@@H](O[C@H]2C[C@@](C)(OC)[C@@H](O)[C@H](C)O2)[C@H](C)[C@@H](O[C@@H]2O[C@H](C)C[C@H](N(C)C)[C@H]2O)[C@@](C)(OC)C[C@@H](C)C(=O)[C@H](C)C[C@]1(C)O. The van der Waals surface area contributed by atoms with E-state index in [0.29, 0.717) is 12.8 Å². The third kappa shape index (κ3) is 9.89. The van der Waals surface area contributed by atoms with Crippen molar-refractivity contribution in [2.24, 2.45) is 23.7 Å². The molecule has 3 fully saturated rings. The number of ketones is 1. The number of rotatable bonds is 8. The molecule has 3 heterocycles. The molecule has 17 atom stereocenters. The van der Waals surface area contributed by atoms with Crippen LogP contribution in [0.25, 0.3) is 0 Å². The van der Waals surface area contributed by atoms with Gasteiger partial charge in [-0.05, 0) is 81.3 Å². The molecule has 0 radical (unpaired) electrons. The number of aliphatic hydroxyl groups excluding tert-OH is 2. The van der Waals surface area contributed by atoms with Gasteiger partial charge >= 0.3 is 5.97 Å². The van der Waals surface area contributed by atoms with Gasteiger partial charge in [0.15, 0.2) is 12.6 Å². The molecule has 298 valence electrons. The molecule has 0 saturated carbocycles. The largest absolute Gasteiger partial charge is 0.459 e. The van der Waals surface area contributed by atoms with Crippen molar-refractivity contribution in [1.29, 1.82) is 0 Å². The van der Waals surface area contributed by atoms with Gasteiger partial charge in [0.25, 0.3) is 0 Å². The average molecular weight is 732 g/mol. The molecule has 3 saturated heterocycles. The predicted molar refractivity (Wildman–Crippen MR) is 190 cm³/mol.